The molecule has 1 saturated heterocycles. The highest BCUT2D eigenvalue weighted by molar-refractivity contribution is 5.95. The first-order valence-corrected chi connectivity index (χ1v) is 6.74. The zero-order valence-electron chi connectivity index (χ0n) is 11.9. The van der Waals surface area contributed by atoms with Crippen molar-refractivity contribution in [3.8, 4) is 5.75 Å². The van der Waals surface area contributed by atoms with E-state index < -0.39 is 6.09 Å². The average Bonchev–Trinajstić information content (AvgIpc) is 2.82. The van der Waals surface area contributed by atoms with Gasteiger partial charge in [-0.15, -0.1) is 0 Å². The third-order valence-electron chi connectivity index (χ3n) is 3.91. The molecule has 7 heteroatoms. The summed E-state index contributed by atoms with van der Waals surface area (Å²) in [6, 6.07) is 5.08. The normalized spacial score (nSPS) is 23.0. The van der Waals surface area contributed by atoms with Gasteiger partial charge in [-0.25, -0.2) is 4.79 Å². The summed E-state index contributed by atoms with van der Waals surface area (Å²) in [5.74, 6) is 0.485. The van der Waals surface area contributed by atoms with Crippen LogP contribution < -0.4 is 20.3 Å². The fraction of sp³-hybridized carbons (Fsp3) is 0.429. The molecule has 2 aliphatic rings. The van der Waals surface area contributed by atoms with Crippen molar-refractivity contribution in [2.24, 2.45) is 5.73 Å². The minimum Gasteiger partial charge on any atom is -0.489 e. The number of carbonyl (C=O) groups excluding carboxylic acids is 2. The van der Waals surface area contributed by atoms with Crippen molar-refractivity contribution in [2.45, 2.75) is 19.1 Å². The fourth-order valence-electron chi connectivity index (χ4n) is 2.61. The van der Waals surface area contributed by atoms with Gasteiger partial charge in [0.15, 0.2) is 0 Å². The zero-order chi connectivity index (χ0) is 15.1. The van der Waals surface area contributed by atoms with E-state index >= 15 is 0 Å². The van der Waals surface area contributed by atoms with Crippen LogP contribution in [0.1, 0.15) is 6.92 Å². The van der Waals surface area contributed by atoms with Crippen LogP contribution in [-0.4, -0.2) is 44.3 Å². The van der Waals surface area contributed by atoms with Gasteiger partial charge in [0.25, 0.3) is 0 Å². The molecule has 2 N–H and O–H groups in total. The topological polar surface area (TPSA) is 85.1 Å². The molecule has 2 atom stereocenters. The van der Waals surface area contributed by atoms with Crippen molar-refractivity contribution in [2.75, 3.05) is 30.0 Å². The van der Waals surface area contributed by atoms with Gasteiger partial charge in [0, 0.05) is 32.3 Å². The molecule has 0 spiro atoms. The molecule has 2 aliphatic heterocycles. The Morgan fingerprint density at radius 3 is 2.95 bits per heavy atom. The van der Waals surface area contributed by atoms with E-state index in [4.69, 9.17) is 15.2 Å². The van der Waals surface area contributed by atoms with Crippen LogP contribution in [0.5, 0.6) is 5.75 Å². The second-order valence-corrected chi connectivity index (χ2v) is 5.14. The molecule has 1 fully saturated rings. The van der Waals surface area contributed by atoms with Gasteiger partial charge in [0.2, 0.25) is 5.91 Å². The molecular weight excluding hydrogens is 274 g/mol. The van der Waals surface area contributed by atoms with E-state index in [0.717, 1.165) is 0 Å². The number of nitrogens with two attached hydrogens (primary N) is 1. The number of fused-ring (bicyclic) bond motifs is 3. The Labute approximate surface area is 122 Å². The quantitative estimate of drug-likeness (QED) is 0.867. The van der Waals surface area contributed by atoms with Gasteiger partial charge in [0.1, 0.15) is 24.5 Å². The number of rotatable bonds is 2. The van der Waals surface area contributed by atoms with E-state index in [1.807, 2.05) is 0 Å². The first-order valence-electron chi connectivity index (χ1n) is 6.74. The van der Waals surface area contributed by atoms with Gasteiger partial charge in [-0.3, -0.25) is 9.69 Å². The lowest BCUT2D eigenvalue weighted by Gasteiger charge is -2.31. The number of ether oxygens (including phenoxy) is 2. The van der Waals surface area contributed by atoms with Crippen LogP contribution >= 0.6 is 0 Å². The van der Waals surface area contributed by atoms with Gasteiger partial charge >= 0.3 is 6.09 Å². The molecule has 1 aromatic rings. The van der Waals surface area contributed by atoms with Crippen LogP contribution in [-0.2, 0) is 9.53 Å². The van der Waals surface area contributed by atoms with Crippen LogP contribution in [0.15, 0.2) is 18.2 Å². The molecule has 112 valence electrons. The minimum absolute atomic E-state index is 0.0765. The molecule has 7 nitrogen and oxygen atoms in total. The molecule has 21 heavy (non-hydrogen) atoms. The van der Waals surface area contributed by atoms with E-state index in [2.05, 4.69) is 0 Å². The predicted molar refractivity (Wildman–Crippen MR) is 76.6 cm³/mol. The molecular formula is C14H17N3O4. The Morgan fingerprint density at radius 2 is 2.29 bits per heavy atom. The number of hydrogen-bond acceptors (Lipinski definition) is 5. The second-order valence-electron chi connectivity index (χ2n) is 5.14. The summed E-state index contributed by atoms with van der Waals surface area (Å²) in [6.45, 7) is 2.07. The maximum atomic E-state index is 12.0. The summed E-state index contributed by atoms with van der Waals surface area (Å²) in [7, 11) is 1.68. The molecule has 0 aromatic heterocycles. The molecule has 0 saturated carbocycles. The highest BCUT2D eigenvalue weighted by Gasteiger charge is 2.45. The Bertz CT molecular complexity index is 604. The Kier molecular flexibility index (Phi) is 3.21. The third kappa shape index (κ3) is 2.09. The van der Waals surface area contributed by atoms with Crippen LogP contribution in [0.25, 0.3) is 0 Å². The van der Waals surface area contributed by atoms with E-state index in [0.29, 0.717) is 23.7 Å². The van der Waals surface area contributed by atoms with Crippen LogP contribution in [0.3, 0.4) is 0 Å². The lowest BCUT2D eigenvalue weighted by atomic mass is 10.1. The molecule has 2 heterocycles. The minimum atomic E-state index is -0.410. The Hall–Kier alpha value is -2.28. The maximum Gasteiger partial charge on any atom is 0.415 e. The van der Waals surface area contributed by atoms with Crippen molar-refractivity contribution in [1.29, 1.82) is 0 Å². The lowest BCUT2D eigenvalue weighted by molar-refractivity contribution is -0.116. The summed E-state index contributed by atoms with van der Waals surface area (Å²) in [4.78, 5) is 26.5. The highest BCUT2D eigenvalue weighted by atomic mass is 16.6. The van der Waals surface area contributed by atoms with Gasteiger partial charge in [-0.05, 0) is 12.1 Å². The summed E-state index contributed by atoms with van der Waals surface area (Å²) in [5.41, 5.74) is 6.97. The van der Waals surface area contributed by atoms with Gasteiger partial charge in [-0.2, -0.15) is 0 Å². The number of anilines is 2. The third-order valence-corrected chi connectivity index (χ3v) is 3.91. The maximum absolute atomic E-state index is 12.0. The monoisotopic (exact) mass is 291 g/mol. The van der Waals surface area contributed by atoms with Crippen molar-refractivity contribution in [3.05, 3.63) is 18.2 Å². The molecule has 0 radical (unpaired) electrons. The van der Waals surface area contributed by atoms with Crippen LogP contribution in [0.2, 0.25) is 0 Å². The molecule has 1 unspecified atom stereocenters. The van der Waals surface area contributed by atoms with Gasteiger partial charge in [0.05, 0.1) is 5.69 Å². The summed E-state index contributed by atoms with van der Waals surface area (Å²) < 4.78 is 11.0. The number of hydrogen-bond donors (Lipinski definition) is 1. The first kappa shape index (κ1) is 13.7. The van der Waals surface area contributed by atoms with E-state index in [9.17, 15) is 9.59 Å². The smallest absolute Gasteiger partial charge is 0.415 e. The fourth-order valence-corrected chi connectivity index (χ4v) is 2.61. The Balaban J connectivity index is 1.96. The van der Waals surface area contributed by atoms with Crippen molar-refractivity contribution in [3.63, 3.8) is 0 Å². The van der Waals surface area contributed by atoms with Crippen molar-refractivity contribution >= 4 is 23.4 Å². The second kappa shape index (κ2) is 4.92. The van der Waals surface area contributed by atoms with Crippen LogP contribution in [0, 0.1) is 0 Å². The predicted octanol–water partition coefficient (Wildman–Crippen LogP) is 0.714. The summed E-state index contributed by atoms with van der Waals surface area (Å²) in [5, 5.41) is 0. The number of carbonyl (C=O) groups is 2. The largest absolute Gasteiger partial charge is 0.489 e. The number of cyclic esters (lactones) is 1. The number of benzene rings is 1. The number of nitrogens with zero attached hydrogens (tertiary/aromatic N) is 2. The summed E-state index contributed by atoms with van der Waals surface area (Å²) >= 11 is 0. The molecule has 0 aliphatic carbocycles. The van der Waals surface area contributed by atoms with E-state index in [1.165, 1.54) is 11.8 Å². The Morgan fingerprint density at radius 1 is 1.52 bits per heavy atom. The lowest BCUT2D eigenvalue weighted by Crippen LogP contribution is -2.46. The first-order chi connectivity index (χ1) is 10.0. The van der Waals surface area contributed by atoms with E-state index in [-0.39, 0.29) is 24.6 Å². The van der Waals surface area contributed by atoms with Gasteiger partial charge in [-0.1, -0.05) is 0 Å². The zero-order valence-corrected chi connectivity index (χ0v) is 11.9. The van der Waals surface area contributed by atoms with Crippen LogP contribution in [0.4, 0.5) is 16.2 Å². The van der Waals surface area contributed by atoms with E-state index in [1.54, 1.807) is 30.1 Å². The standard InChI is InChI=1S/C14H17N3O4/c1-8(18)16(2)9-3-4-10-12(5-9)20-7-11-13(6-15)21-14(19)17(10)11/h3-5,11,13H,6-7,15H2,1-2H3/t11?,13-/m0/s1. The SMILES string of the molecule is CC(=O)N(C)c1ccc2c(c1)OCC1[C@H](CN)OC(=O)N21. The van der Waals surface area contributed by atoms with Crippen molar-refractivity contribution in [1.82, 2.24) is 0 Å². The summed E-state index contributed by atoms with van der Waals surface area (Å²) in [6.07, 6.45) is -0.766. The van der Waals surface area contributed by atoms with Crippen molar-refractivity contribution < 1.29 is 19.1 Å². The molecule has 2 amide bonds. The molecule has 3 rings (SSSR count). The molecule has 0 bridgehead atoms. The van der Waals surface area contributed by atoms with Gasteiger partial charge < -0.3 is 20.1 Å². The number of amides is 2. The highest BCUT2D eigenvalue weighted by Crippen LogP contribution is 2.40. The molecule has 1 aromatic carbocycles. The average molecular weight is 291 g/mol.